The molecular formula is C15H24N4O. The summed E-state index contributed by atoms with van der Waals surface area (Å²) in [5.74, 6) is -0.396. The number of benzene rings is 1. The van der Waals surface area contributed by atoms with Crippen LogP contribution in [0.1, 0.15) is 30.1 Å². The van der Waals surface area contributed by atoms with Crippen molar-refractivity contribution in [3.8, 4) is 0 Å². The maximum Gasteiger partial charge on any atom is 0.250 e. The maximum absolute atomic E-state index is 11.7. The summed E-state index contributed by atoms with van der Waals surface area (Å²) in [5, 5.41) is 0. The molecule has 0 saturated carbocycles. The van der Waals surface area contributed by atoms with Crippen LogP contribution in [-0.4, -0.2) is 43.5 Å². The molecule has 1 amide bonds. The number of nitrogens with zero attached hydrogens (tertiary/aromatic N) is 2. The third-order valence-corrected chi connectivity index (χ3v) is 3.97. The van der Waals surface area contributed by atoms with Crippen LogP contribution in [0.4, 0.5) is 11.4 Å². The highest BCUT2D eigenvalue weighted by atomic mass is 16.1. The highest BCUT2D eigenvalue weighted by molar-refractivity contribution is 5.99. The first-order valence-electron chi connectivity index (χ1n) is 7.17. The van der Waals surface area contributed by atoms with Gasteiger partial charge in [0.2, 0.25) is 0 Å². The van der Waals surface area contributed by atoms with Crippen LogP contribution in [-0.2, 0) is 0 Å². The minimum Gasteiger partial charge on any atom is -0.399 e. The summed E-state index contributed by atoms with van der Waals surface area (Å²) < 4.78 is 0. The van der Waals surface area contributed by atoms with Crippen LogP contribution >= 0.6 is 0 Å². The number of nitrogens with two attached hydrogens (primary N) is 2. The van der Waals surface area contributed by atoms with Gasteiger partial charge < -0.3 is 21.3 Å². The van der Waals surface area contributed by atoms with Crippen molar-refractivity contribution in [1.29, 1.82) is 0 Å². The van der Waals surface area contributed by atoms with Crippen LogP contribution in [0.3, 0.4) is 0 Å². The highest BCUT2D eigenvalue weighted by Gasteiger charge is 2.25. The lowest BCUT2D eigenvalue weighted by atomic mass is 10.1. The number of amides is 1. The van der Waals surface area contributed by atoms with Gasteiger partial charge in [0.25, 0.3) is 5.91 Å². The van der Waals surface area contributed by atoms with E-state index in [0.717, 1.165) is 38.2 Å². The first-order chi connectivity index (χ1) is 9.52. The van der Waals surface area contributed by atoms with Crippen LogP contribution in [0, 0.1) is 0 Å². The fourth-order valence-corrected chi connectivity index (χ4v) is 2.90. The summed E-state index contributed by atoms with van der Waals surface area (Å²) in [6, 6.07) is 5.71. The van der Waals surface area contributed by atoms with Gasteiger partial charge in [-0.2, -0.15) is 0 Å². The van der Waals surface area contributed by atoms with Gasteiger partial charge in [0.15, 0.2) is 0 Å². The van der Waals surface area contributed by atoms with Gasteiger partial charge in [0, 0.05) is 24.8 Å². The zero-order valence-electron chi connectivity index (χ0n) is 12.3. The van der Waals surface area contributed by atoms with E-state index in [2.05, 4.69) is 23.8 Å². The summed E-state index contributed by atoms with van der Waals surface area (Å²) >= 11 is 0. The summed E-state index contributed by atoms with van der Waals surface area (Å²) in [6.45, 7) is 5.16. The van der Waals surface area contributed by atoms with Crippen molar-refractivity contribution in [3.63, 3.8) is 0 Å². The molecule has 2 rings (SSSR count). The Kier molecular flexibility index (Phi) is 4.49. The van der Waals surface area contributed by atoms with Crippen molar-refractivity contribution in [3.05, 3.63) is 23.8 Å². The third-order valence-electron chi connectivity index (χ3n) is 3.97. The molecule has 0 aliphatic carbocycles. The van der Waals surface area contributed by atoms with Crippen LogP contribution in [0.25, 0.3) is 0 Å². The zero-order chi connectivity index (χ0) is 14.7. The van der Waals surface area contributed by atoms with Crippen molar-refractivity contribution < 1.29 is 4.79 Å². The minimum atomic E-state index is -0.396. The van der Waals surface area contributed by atoms with Gasteiger partial charge in [0.1, 0.15) is 0 Å². The van der Waals surface area contributed by atoms with Gasteiger partial charge in [0.05, 0.1) is 11.3 Å². The fourth-order valence-electron chi connectivity index (χ4n) is 2.90. The lowest BCUT2D eigenvalue weighted by Crippen LogP contribution is -2.40. The standard InChI is InChI=1S/C15H24N4O/c1-3-12-10-18(2)7-4-8-19(12)14-9-11(16)5-6-13(14)15(17)20/h5-6,9,12H,3-4,7-8,10,16H2,1-2H3,(H2,17,20). The summed E-state index contributed by atoms with van der Waals surface area (Å²) in [4.78, 5) is 16.3. The molecule has 0 aromatic heterocycles. The second-order valence-electron chi connectivity index (χ2n) is 5.51. The molecule has 0 radical (unpaired) electrons. The highest BCUT2D eigenvalue weighted by Crippen LogP contribution is 2.28. The minimum absolute atomic E-state index is 0.377. The van der Waals surface area contributed by atoms with Crippen molar-refractivity contribution in [2.45, 2.75) is 25.8 Å². The molecule has 0 spiro atoms. The Morgan fingerprint density at radius 2 is 2.15 bits per heavy atom. The first kappa shape index (κ1) is 14.7. The van der Waals surface area contributed by atoms with E-state index in [9.17, 15) is 4.79 Å². The predicted molar refractivity (Wildman–Crippen MR) is 82.9 cm³/mol. The molecule has 1 aliphatic rings. The molecule has 1 fully saturated rings. The Balaban J connectivity index is 2.41. The Morgan fingerprint density at radius 1 is 1.40 bits per heavy atom. The van der Waals surface area contributed by atoms with Crippen molar-refractivity contribution in [1.82, 2.24) is 4.90 Å². The molecule has 0 bridgehead atoms. The van der Waals surface area contributed by atoms with E-state index in [1.165, 1.54) is 0 Å². The van der Waals surface area contributed by atoms with Gasteiger partial charge in [-0.05, 0) is 44.6 Å². The molecule has 1 saturated heterocycles. The summed E-state index contributed by atoms with van der Waals surface area (Å²) in [6.07, 6.45) is 2.09. The van der Waals surface area contributed by atoms with E-state index in [1.807, 2.05) is 6.07 Å². The summed E-state index contributed by atoms with van der Waals surface area (Å²) in [7, 11) is 2.14. The molecule has 1 atom stereocenters. The molecule has 1 aromatic carbocycles. The Bertz CT molecular complexity index is 489. The SMILES string of the molecule is CCC1CN(C)CCCN1c1cc(N)ccc1C(N)=O. The molecule has 5 heteroatoms. The number of hydrogen-bond donors (Lipinski definition) is 2. The van der Waals surface area contributed by atoms with E-state index >= 15 is 0 Å². The number of hydrogen-bond acceptors (Lipinski definition) is 4. The molecule has 20 heavy (non-hydrogen) atoms. The normalized spacial score (nSPS) is 20.7. The number of primary amides is 1. The molecule has 4 N–H and O–H groups in total. The van der Waals surface area contributed by atoms with Crippen molar-refractivity contribution >= 4 is 17.3 Å². The van der Waals surface area contributed by atoms with E-state index < -0.39 is 5.91 Å². The third kappa shape index (κ3) is 3.04. The fraction of sp³-hybridized carbons (Fsp3) is 0.533. The maximum atomic E-state index is 11.7. The van der Waals surface area contributed by atoms with Gasteiger partial charge in [-0.25, -0.2) is 0 Å². The number of carbonyl (C=O) groups is 1. The number of anilines is 2. The van der Waals surface area contributed by atoms with Crippen LogP contribution in [0.2, 0.25) is 0 Å². The quantitative estimate of drug-likeness (QED) is 0.816. The summed E-state index contributed by atoms with van der Waals surface area (Å²) in [5.41, 5.74) is 13.5. The van der Waals surface area contributed by atoms with Gasteiger partial charge in [-0.15, -0.1) is 0 Å². The smallest absolute Gasteiger partial charge is 0.250 e. The topological polar surface area (TPSA) is 75.6 Å². The van der Waals surface area contributed by atoms with Crippen molar-refractivity contribution in [2.24, 2.45) is 5.73 Å². The average molecular weight is 276 g/mol. The van der Waals surface area contributed by atoms with Gasteiger partial charge in [-0.1, -0.05) is 6.92 Å². The second-order valence-corrected chi connectivity index (χ2v) is 5.51. The molecule has 1 aliphatic heterocycles. The number of rotatable bonds is 3. The van der Waals surface area contributed by atoms with Crippen molar-refractivity contribution in [2.75, 3.05) is 37.3 Å². The monoisotopic (exact) mass is 276 g/mol. The molecule has 1 unspecified atom stereocenters. The van der Waals surface area contributed by atoms with E-state index in [1.54, 1.807) is 12.1 Å². The van der Waals surface area contributed by atoms with E-state index in [0.29, 0.717) is 17.3 Å². The molecule has 110 valence electrons. The van der Waals surface area contributed by atoms with Crippen LogP contribution < -0.4 is 16.4 Å². The Morgan fingerprint density at radius 3 is 2.80 bits per heavy atom. The van der Waals surface area contributed by atoms with Crippen LogP contribution in [0.15, 0.2) is 18.2 Å². The van der Waals surface area contributed by atoms with Crippen LogP contribution in [0.5, 0.6) is 0 Å². The molecule has 1 heterocycles. The average Bonchev–Trinajstić information content (AvgIpc) is 2.59. The molecule has 1 aromatic rings. The second kappa shape index (κ2) is 6.13. The van der Waals surface area contributed by atoms with Gasteiger partial charge >= 0.3 is 0 Å². The van der Waals surface area contributed by atoms with E-state index in [4.69, 9.17) is 11.5 Å². The number of nitrogen functional groups attached to an aromatic ring is 1. The lowest BCUT2D eigenvalue weighted by Gasteiger charge is -2.33. The number of carbonyl (C=O) groups excluding carboxylic acids is 1. The van der Waals surface area contributed by atoms with E-state index in [-0.39, 0.29) is 0 Å². The molecular weight excluding hydrogens is 252 g/mol. The largest absolute Gasteiger partial charge is 0.399 e. The zero-order valence-corrected chi connectivity index (χ0v) is 12.3. The lowest BCUT2D eigenvalue weighted by molar-refractivity contribution is 0.100. The first-order valence-corrected chi connectivity index (χ1v) is 7.17. The Labute approximate surface area is 120 Å². The van der Waals surface area contributed by atoms with Gasteiger partial charge in [-0.3, -0.25) is 4.79 Å². The Hall–Kier alpha value is -1.75. The molecule has 5 nitrogen and oxygen atoms in total. The number of likely N-dealkylation sites (N-methyl/N-ethyl adjacent to an activating group) is 1. The predicted octanol–water partition coefficient (Wildman–Crippen LogP) is 1.29.